The van der Waals surface area contributed by atoms with Crippen LogP contribution < -0.4 is 10.1 Å². The molecule has 0 saturated carbocycles. The Kier molecular flexibility index (Phi) is 3.57. The average Bonchev–Trinajstić information content (AvgIpc) is 2.29. The zero-order valence-electron chi connectivity index (χ0n) is 10.0. The minimum absolute atomic E-state index is 0.0134. The van der Waals surface area contributed by atoms with Crippen molar-refractivity contribution in [3.8, 4) is 5.75 Å². The fourth-order valence-corrected chi connectivity index (χ4v) is 2.68. The first-order chi connectivity index (χ1) is 8.11. The van der Waals surface area contributed by atoms with Gasteiger partial charge in [0.25, 0.3) is 0 Å². The molecule has 1 aromatic rings. The van der Waals surface area contributed by atoms with Crippen LogP contribution in [0.3, 0.4) is 0 Å². The van der Waals surface area contributed by atoms with Crippen LogP contribution in [0.15, 0.2) is 12.1 Å². The fourth-order valence-electron chi connectivity index (χ4n) is 2.41. The summed E-state index contributed by atoms with van der Waals surface area (Å²) in [5.74, 6) is 0.874. The largest absolute Gasteiger partial charge is 0.496 e. The van der Waals surface area contributed by atoms with Crippen LogP contribution in [0.5, 0.6) is 5.75 Å². The van der Waals surface area contributed by atoms with Crippen LogP contribution in [0.1, 0.15) is 24.5 Å². The first-order valence-corrected chi connectivity index (χ1v) is 6.11. The molecule has 0 radical (unpaired) electrons. The van der Waals surface area contributed by atoms with E-state index in [2.05, 4.69) is 5.32 Å². The lowest BCUT2D eigenvalue weighted by Gasteiger charge is -2.27. The van der Waals surface area contributed by atoms with Crippen molar-refractivity contribution >= 4 is 17.5 Å². The molecule has 1 N–H and O–H groups in total. The number of nitrogens with one attached hydrogen (secondary N) is 1. The Morgan fingerprint density at radius 3 is 2.88 bits per heavy atom. The van der Waals surface area contributed by atoms with E-state index >= 15 is 0 Å². The molecule has 3 nitrogen and oxygen atoms in total. The summed E-state index contributed by atoms with van der Waals surface area (Å²) in [7, 11) is 1.66. The lowest BCUT2D eigenvalue weighted by molar-refractivity contribution is -0.119. The van der Waals surface area contributed by atoms with E-state index in [1.807, 2.05) is 12.1 Å². The number of carbonyl (C=O) groups excluding carboxylic acids is 1. The summed E-state index contributed by atoms with van der Waals surface area (Å²) in [5.41, 5.74) is 2.29. The standard InChI is InChI=1S/C13H16ClNO2/c1-8(16)15-9-3-4-10-11(7-9)13(17-2)6-5-12(10)14/h5-6,9H,3-4,7H2,1-2H3,(H,15,16). The van der Waals surface area contributed by atoms with Gasteiger partial charge in [0.15, 0.2) is 0 Å². The number of halogens is 1. The zero-order valence-corrected chi connectivity index (χ0v) is 10.8. The van der Waals surface area contributed by atoms with Gasteiger partial charge in [-0.2, -0.15) is 0 Å². The van der Waals surface area contributed by atoms with Crippen molar-refractivity contribution in [3.05, 3.63) is 28.3 Å². The van der Waals surface area contributed by atoms with Crippen LogP contribution in [0.4, 0.5) is 0 Å². The quantitative estimate of drug-likeness (QED) is 0.879. The Morgan fingerprint density at radius 1 is 1.47 bits per heavy atom. The van der Waals surface area contributed by atoms with Crippen LogP contribution in [-0.4, -0.2) is 19.1 Å². The number of hydrogen-bond acceptors (Lipinski definition) is 2. The van der Waals surface area contributed by atoms with Gasteiger partial charge in [0.05, 0.1) is 7.11 Å². The first kappa shape index (κ1) is 12.2. The van der Waals surface area contributed by atoms with Crippen LogP contribution in [0, 0.1) is 0 Å². The van der Waals surface area contributed by atoms with Gasteiger partial charge in [0, 0.05) is 23.6 Å². The van der Waals surface area contributed by atoms with Crippen LogP contribution in [0.2, 0.25) is 5.02 Å². The molecule has 17 heavy (non-hydrogen) atoms. The highest BCUT2D eigenvalue weighted by Crippen LogP contribution is 2.34. The van der Waals surface area contributed by atoms with E-state index < -0.39 is 0 Å². The van der Waals surface area contributed by atoms with Gasteiger partial charge < -0.3 is 10.1 Å². The zero-order chi connectivity index (χ0) is 12.4. The van der Waals surface area contributed by atoms with Crippen LogP contribution in [0.25, 0.3) is 0 Å². The van der Waals surface area contributed by atoms with Crippen molar-refractivity contribution in [1.29, 1.82) is 0 Å². The van der Waals surface area contributed by atoms with Gasteiger partial charge in [-0.15, -0.1) is 0 Å². The maximum absolute atomic E-state index is 11.1. The Morgan fingerprint density at radius 2 is 2.24 bits per heavy atom. The number of fused-ring (bicyclic) bond motifs is 1. The maximum atomic E-state index is 11.1. The summed E-state index contributed by atoms with van der Waals surface area (Å²) in [5, 5.41) is 3.75. The van der Waals surface area contributed by atoms with Crippen molar-refractivity contribution in [2.45, 2.75) is 32.2 Å². The van der Waals surface area contributed by atoms with Gasteiger partial charge in [-0.25, -0.2) is 0 Å². The Labute approximate surface area is 106 Å². The summed E-state index contributed by atoms with van der Waals surface area (Å²) in [6, 6.07) is 3.95. The predicted octanol–water partition coefficient (Wildman–Crippen LogP) is 2.34. The highest BCUT2D eigenvalue weighted by Gasteiger charge is 2.23. The normalized spacial score (nSPS) is 18.4. The Balaban J connectivity index is 2.29. The number of rotatable bonds is 2. The van der Waals surface area contributed by atoms with Crippen LogP contribution in [-0.2, 0) is 17.6 Å². The number of carbonyl (C=O) groups is 1. The molecule has 2 rings (SSSR count). The molecule has 4 heteroatoms. The molecule has 1 atom stereocenters. The third-order valence-electron chi connectivity index (χ3n) is 3.15. The molecule has 1 unspecified atom stereocenters. The van der Waals surface area contributed by atoms with Gasteiger partial charge in [0.2, 0.25) is 5.91 Å². The summed E-state index contributed by atoms with van der Waals surface area (Å²) in [4.78, 5) is 11.1. The van der Waals surface area contributed by atoms with Crippen molar-refractivity contribution in [1.82, 2.24) is 5.32 Å². The molecular formula is C13H16ClNO2. The van der Waals surface area contributed by atoms with E-state index in [0.717, 1.165) is 41.2 Å². The van der Waals surface area contributed by atoms with E-state index in [0.29, 0.717) is 0 Å². The van der Waals surface area contributed by atoms with E-state index in [9.17, 15) is 4.79 Å². The Hall–Kier alpha value is -1.22. The average molecular weight is 254 g/mol. The number of methoxy groups -OCH3 is 1. The highest BCUT2D eigenvalue weighted by molar-refractivity contribution is 6.31. The number of ether oxygens (including phenoxy) is 1. The lowest BCUT2D eigenvalue weighted by atomic mass is 9.87. The van der Waals surface area contributed by atoms with Crippen molar-refractivity contribution < 1.29 is 9.53 Å². The minimum atomic E-state index is 0.0134. The van der Waals surface area contributed by atoms with Gasteiger partial charge in [-0.3, -0.25) is 4.79 Å². The minimum Gasteiger partial charge on any atom is -0.496 e. The highest BCUT2D eigenvalue weighted by atomic mass is 35.5. The summed E-state index contributed by atoms with van der Waals surface area (Å²) in [6.45, 7) is 1.55. The fraction of sp³-hybridized carbons (Fsp3) is 0.462. The van der Waals surface area contributed by atoms with Gasteiger partial charge in [-0.1, -0.05) is 11.6 Å². The van der Waals surface area contributed by atoms with Crippen molar-refractivity contribution in [2.75, 3.05) is 7.11 Å². The second-order valence-corrected chi connectivity index (χ2v) is 4.75. The van der Waals surface area contributed by atoms with Crippen LogP contribution >= 0.6 is 11.6 Å². The predicted molar refractivity (Wildman–Crippen MR) is 67.6 cm³/mol. The topological polar surface area (TPSA) is 38.3 Å². The molecule has 1 aliphatic carbocycles. The number of hydrogen-bond donors (Lipinski definition) is 1. The molecule has 0 aromatic heterocycles. The molecule has 0 fully saturated rings. The van der Waals surface area contributed by atoms with Crippen molar-refractivity contribution in [3.63, 3.8) is 0 Å². The molecule has 1 aromatic carbocycles. The Bertz CT molecular complexity index is 445. The molecule has 0 aliphatic heterocycles. The smallest absolute Gasteiger partial charge is 0.217 e. The molecular weight excluding hydrogens is 238 g/mol. The second kappa shape index (κ2) is 4.96. The monoisotopic (exact) mass is 253 g/mol. The summed E-state index contributed by atoms with van der Waals surface area (Å²) >= 11 is 6.18. The molecule has 0 bridgehead atoms. The maximum Gasteiger partial charge on any atom is 0.217 e. The third-order valence-corrected chi connectivity index (χ3v) is 3.51. The van der Waals surface area contributed by atoms with E-state index in [1.54, 1.807) is 14.0 Å². The molecule has 0 heterocycles. The molecule has 1 aliphatic rings. The summed E-state index contributed by atoms with van der Waals surface area (Å²) in [6.07, 6.45) is 2.61. The first-order valence-electron chi connectivity index (χ1n) is 5.73. The lowest BCUT2D eigenvalue weighted by Crippen LogP contribution is -2.37. The van der Waals surface area contributed by atoms with Gasteiger partial charge in [0.1, 0.15) is 5.75 Å². The summed E-state index contributed by atoms with van der Waals surface area (Å²) < 4.78 is 5.35. The van der Waals surface area contributed by atoms with E-state index in [-0.39, 0.29) is 11.9 Å². The second-order valence-electron chi connectivity index (χ2n) is 4.35. The van der Waals surface area contributed by atoms with Gasteiger partial charge in [-0.05, 0) is 37.0 Å². The SMILES string of the molecule is COc1ccc(Cl)c2c1CC(NC(C)=O)CC2. The molecule has 0 saturated heterocycles. The molecule has 1 amide bonds. The molecule has 92 valence electrons. The molecule has 0 spiro atoms. The van der Waals surface area contributed by atoms with E-state index in [4.69, 9.17) is 16.3 Å². The number of amides is 1. The van der Waals surface area contributed by atoms with Crippen molar-refractivity contribution in [2.24, 2.45) is 0 Å². The third kappa shape index (κ3) is 2.55. The van der Waals surface area contributed by atoms with E-state index in [1.165, 1.54) is 0 Å². The van der Waals surface area contributed by atoms with Gasteiger partial charge >= 0.3 is 0 Å². The number of benzene rings is 1.